The van der Waals surface area contributed by atoms with Crippen LogP contribution in [0.15, 0.2) is 0 Å². The normalized spacial score (nSPS) is 33.5. The van der Waals surface area contributed by atoms with Crippen molar-refractivity contribution in [3.8, 4) is 0 Å². The zero-order chi connectivity index (χ0) is 15.0. The number of hydrogen-bond donors (Lipinski definition) is 1. The smallest absolute Gasteiger partial charge is 0.226 e. The van der Waals surface area contributed by atoms with Gasteiger partial charge in [-0.3, -0.25) is 4.79 Å². The van der Waals surface area contributed by atoms with Crippen LogP contribution in [0.2, 0.25) is 0 Å². The van der Waals surface area contributed by atoms with Crippen molar-refractivity contribution in [3.63, 3.8) is 0 Å². The summed E-state index contributed by atoms with van der Waals surface area (Å²) in [5.41, 5.74) is 0.403. The summed E-state index contributed by atoms with van der Waals surface area (Å²) < 4.78 is 0. The first-order valence-electron chi connectivity index (χ1n) is 9.80. The fourth-order valence-corrected chi connectivity index (χ4v) is 5.55. The minimum Gasteiger partial charge on any atom is -0.339 e. The molecule has 0 bridgehead atoms. The number of carbonyl (C=O) groups excluding carboxylic acids is 1. The Morgan fingerprint density at radius 2 is 1.78 bits per heavy atom. The Morgan fingerprint density at radius 3 is 2.52 bits per heavy atom. The van der Waals surface area contributed by atoms with Crippen molar-refractivity contribution in [2.24, 2.45) is 17.3 Å². The summed E-state index contributed by atoms with van der Waals surface area (Å²) in [6, 6.07) is 0.579. The molecule has 4 heteroatoms. The predicted molar refractivity (Wildman–Crippen MR) is 95.8 cm³/mol. The fourth-order valence-electron chi connectivity index (χ4n) is 5.55. The molecule has 2 aliphatic carbocycles. The average Bonchev–Trinajstić information content (AvgIpc) is 3.04. The van der Waals surface area contributed by atoms with Crippen LogP contribution in [0.4, 0.5) is 0 Å². The number of carbonyl (C=O) groups is 1. The zero-order valence-corrected chi connectivity index (χ0v) is 15.2. The summed E-state index contributed by atoms with van der Waals surface area (Å²) in [7, 11) is 0. The molecular formula is C19H33ClN2O. The standard InChI is InChI=1S/C19H32N2O.ClH/c22-18(17-14-19(17)8-10-20-11-9-19)21-12-4-7-16(21)13-15-5-2-1-3-6-15;/h15-17,20H,1-14H2;1H. The molecule has 0 aromatic rings. The molecule has 132 valence electrons. The van der Waals surface area contributed by atoms with Crippen molar-refractivity contribution in [1.82, 2.24) is 10.2 Å². The van der Waals surface area contributed by atoms with Crippen LogP contribution in [0.5, 0.6) is 0 Å². The molecule has 0 aromatic carbocycles. The SMILES string of the molecule is Cl.O=C(C1CC12CCNCC2)N1CCCC1CC1CCCCC1. The van der Waals surface area contributed by atoms with Crippen LogP contribution < -0.4 is 5.32 Å². The summed E-state index contributed by atoms with van der Waals surface area (Å²) >= 11 is 0. The minimum absolute atomic E-state index is 0. The molecule has 3 nitrogen and oxygen atoms in total. The van der Waals surface area contributed by atoms with Gasteiger partial charge < -0.3 is 10.2 Å². The summed E-state index contributed by atoms with van der Waals surface area (Å²) in [5.74, 6) is 1.81. The van der Waals surface area contributed by atoms with E-state index < -0.39 is 0 Å². The van der Waals surface area contributed by atoms with Crippen LogP contribution >= 0.6 is 12.4 Å². The first-order chi connectivity index (χ1) is 10.8. The lowest BCUT2D eigenvalue weighted by atomic mass is 9.84. The number of piperidine rings is 1. The summed E-state index contributed by atoms with van der Waals surface area (Å²) in [4.78, 5) is 15.4. The molecule has 1 amide bonds. The minimum atomic E-state index is 0. The Kier molecular flexibility index (Phi) is 5.57. The average molecular weight is 341 g/mol. The summed E-state index contributed by atoms with van der Waals surface area (Å²) in [6.07, 6.45) is 14.5. The maximum absolute atomic E-state index is 13.0. The van der Waals surface area contributed by atoms with Crippen molar-refractivity contribution in [2.75, 3.05) is 19.6 Å². The molecule has 1 spiro atoms. The third-order valence-electron chi connectivity index (χ3n) is 7.08. The van der Waals surface area contributed by atoms with Crippen LogP contribution in [0.3, 0.4) is 0 Å². The highest BCUT2D eigenvalue weighted by Crippen LogP contribution is 2.59. The number of nitrogens with one attached hydrogen (secondary N) is 1. The molecule has 2 unspecified atom stereocenters. The number of nitrogens with zero attached hydrogens (tertiary/aromatic N) is 1. The Morgan fingerprint density at radius 1 is 1.04 bits per heavy atom. The fraction of sp³-hybridized carbons (Fsp3) is 0.947. The van der Waals surface area contributed by atoms with Gasteiger partial charge >= 0.3 is 0 Å². The van der Waals surface area contributed by atoms with Gasteiger partial charge in [-0.25, -0.2) is 0 Å². The number of halogens is 1. The molecule has 2 aliphatic heterocycles. The predicted octanol–water partition coefficient (Wildman–Crippen LogP) is 3.76. The van der Waals surface area contributed by atoms with Gasteiger partial charge in [0.1, 0.15) is 0 Å². The molecule has 0 aromatic heterocycles. The molecule has 2 saturated heterocycles. The molecular weight excluding hydrogens is 308 g/mol. The molecule has 2 saturated carbocycles. The maximum atomic E-state index is 13.0. The third-order valence-corrected chi connectivity index (χ3v) is 7.08. The van der Waals surface area contributed by atoms with E-state index in [4.69, 9.17) is 0 Å². The van der Waals surface area contributed by atoms with Crippen LogP contribution in [0, 0.1) is 17.3 Å². The van der Waals surface area contributed by atoms with Gasteiger partial charge in [0.25, 0.3) is 0 Å². The van der Waals surface area contributed by atoms with E-state index in [2.05, 4.69) is 10.2 Å². The Labute approximate surface area is 147 Å². The molecule has 4 fully saturated rings. The van der Waals surface area contributed by atoms with Gasteiger partial charge in [-0.2, -0.15) is 0 Å². The summed E-state index contributed by atoms with van der Waals surface area (Å²) in [5, 5.41) is 3.45. The van der Waals surface area contributed by atoms with E-state index in [1.54, 1.807) is 0 Å². The largest absolute Gasteiger partial charge is 0.339 e. The van der Waals surface area contributed by atoms with Crippen LogP contribution in [-0.4, -0.2) is 36.5 Å². The highest BCUT2D eigenvalue weighted by Gasteiger charge is 2.59. The lowest BCUT2D eigenvalue weighted by Gasteiger charge is -2.31. The van der Waals surface area contributed by atoms with Crippen molar-refractivity contribution in [1.29, 1.82) is 0 Å². The van der Waals surface area contributed by atoms with E-state index in [0.29, 0.717) is 23.3 Å². The van der Waals surface area contributed by atoms with E-state index >= 15 is 0 Å². The van der Waals surface area contributed by atoms with Gasteiger partial charge in [0, 0.05) is 18.5 Å². The van der Waals surface area contributed by atoms with Gasteiger partial charge in [0.2, 0.25) is 5.91 Å². The quantitative estimate of drug-likeness (QED) is 0.848. The maximum Gasteiger partial charge on any atom is 0.226 e. The molecule has 4 aliphatic rings. The highest BCUT2D eigenvalue weighted by molar-refractivity contribution is 5.85. The first-order valence-corrected chi connectivity index (χ1v) is 9.80. The second-order valence-corrected chi connectivity index (χ2v) is 8.44. The van der Waals surface area contributed by atoms with Crippen molar-refractivity contribution >= 4 is 18.3 Å². The monoisotopic (exact) mass is 340 g/mol. The van der Waals surface area contributed by atoms with E-state index in [9.17, 15) is 4.79 Å². The van der Waals surface area contributed by atoms with Crippen molar-refractivity contribution in [3.05, 3.63) is 0 Å². The molecule has 4 rings (SSSR count). The lowest BCUT2D eigenvalue weighted by molar-refractivity contribution is -0.134. The van der Waals surface area contributed by atoms with Gasteiger partial charge in [-0.05, 0) is 62.9 Å². The Bertz CT molecular complexity index is 416. The number of hydrogen-bond acceptors (Lipinski definition) is 2. The van der Waals surface area contributed by atoms with Gasteiger partial charge in [0.05, 0.1) is 0 Å². The Hall–Kier alpha value is -0.280. The van der Waals surface area contributed by atoms with Gasteiger partial charge in [-0.1, -0.05) is 32.1 Å². The first kappa shape index (κ1) is 17.5. The summed E-state index contributed by atoms with van der Waals surface area (Å²) in [6.45, 7) is 3.28. The molecule has 0 radical (unpaired) electrons. The van der Waals surface area contributed by atoms with Crippen LogP contribution in [0.25, 0.3) is 0 Å². The van der Waals surface area contributed by atoms with E-state index in [-0.39, 0.29) is 12.4 Å². The molecule has 2 heterocycles. The molecule has 1 N–H and O–H groups in total. The zero-order valence-electron chi connectivity index (χ0n) is 14.4. The van der Waals surface area contributed by atoms with Gasteiger partial charge in [-0.15, -0.1) is 12.4 Å². The van der Waals surface area contributed by atoms with E-state index in [1.807, 2.05) is 0 Å². The van der Waals surface area contributed by atoms with E-state index in [1.165, 1.54) is 70.6 Å². The van der Waals surface area contributed by atoms with Crippen LogP contribution in [-0.2, 0) is 4.79 Å². The van der Waals surface area contributed by atoms with Crippen LogP contribution in [0.1, 0.15) is 70.6 Å². The van der Waals surface area contributed by atoms with Crippen molar-refractivity contribution < 1.29 is 4.79 Å². The topological polar surface area (TPSA) is 32.3 Å². The highest BCUT2D eigenvalue weighted by atomic mass is 35.5. The second kappa shape index (κ2) is 7.31. The van der Waals surface area contributed by atoms with E-state index in [0.717, 1.165) is 25.6 Å². The number of rotatable bonds is 3. The molecule has 2 atom stereocenters. The number of amides is 1. The van der Waals surface area contributed by atoms with Crippen molar-refractivity contribution in [2.45, 2.75) is 76.7 Å². The number of likely N-dealkylation sites (tertiary alicyclic amines) is 1. The Balaban J connectivity index is 0.00000156. The molecule has 23 heavy (non-hydrogen) atoms. The second-order valence-electron chi connectivity index (χ2n) is 8.44. The van der Waals surface area contributed by atoms with Gasteiger partial charge in [0.15, 0.2) is 0 Å². The lowest BCUT2D eigenvalue weighted by Crippen LogP contribution is -2.40. The third kappa shape index (κ3) is 3.56.